The van der Waals surface area contributed by atoms with Gasteiger partial charge in [0.25, 0.3) is 0 Å². The summed E-state index contributed by atoms with van der Waals surface area (Å²) in [4.78, 5) is 1.40. The maximum atomic E-state index is 3.91. The number of rotatable bonds is 3. The molecule has 0 saturated carbocycles. The number of benzene rings is 2. The van der Waals surface area contributed by atoms with Gasteiger partial charge in [0.2, 0.25) is 0 Å². The van der Waals surface area contributed by atoms with Crippen LogP contribution in [0, 0.1) is 0 Å². The topological polar surface area (TPSA) is 0 Å². The van der Waals surface area contributed by atoms with Gasteiger partial charge in [-0.3, -0.25) is 0 Å². The van der Waals surface area contributed by atoms with Crippen LogP contribution < -0.4 is 0 Å². The number of hydrogen-bond donors (Lipinski definition) is 0. The summed E-state index contributed by atoms with van der Waals surface area (Å²) in [6.45, 7) is 0. The van der Waals surface area contributed by atoms with E-state index in [2.05, 4.69) is 81.7 Å². The molecule has 0 saturated heterocycles. The van der Waals surface area contributed by atoms with E-state index in [1.807, 2.05) is 0 Å². The van der Waals surface area contributed by atoms with Crippen molar-refractivity contribution in [1.29, 1.82) is 0 Å². The Kier molecular flexibility index (Phi) is 3.72. The lowest BCUT2D eigenvalue weighted by atomic mass is 10.2. The first kappa shape index (κ1) is 11.7. The summed E-state index contributed by atoms with van der Waals surface area (Å²) < 4.78 is 0. The molecule has 0 radical (unpaired) electrons. The summed E-state index contributed by atoms with van der Waals surface area (Å²) >= 11 is 3.91. The normalized spacial score (nSPS) is 16.4. The Morgan fingerprint density at radius 2 is 1.38 bits per heavy atom. The van der Waals surface area contributed by atoms with E-state index in [0.29, 0.717) is 0 Å². The van der Waals surface area contributed by atoms with Crippen LogP contribution in [0.2, 0.25) is 0 Å². The highest BCUT2D eigenvalue weighted by molar-refractivity contribution is 9.58. The summed E-state index contributed by atoms with van der Waals surface area (Å²) in [5, 5.41) is 0. The molecule has 0 N–H and O–H groups in total. The van der Waals surface area contributed by atoms with E-state index in [1.165, 1.54) is 10.5 Å². The second kappa shape index (κ2) is 5.07. The molecule has 0 aliphatic heterocycles. The number of hydrogen-bond acceptors (Lipinski definition) is 0. The van der Waals surface area contributed by atoms with Crippen molar-refractivity contribution in [1.82, 2.24) is 0 Å². The molecule has 0 aliphatic rings. The van der Waals surface area contributed by atoms with Crippen molar-refractivity contribution in [3.8, 4) is 0 Å². The second-order valence-electron chi connectivity index (χ2n) is 3.92. The minimum atomic E-state index is -0.901. The van der Waals surface area contributed by atoms with Gasteiger partial charge in [-0.1, -0.05) is 48.5 Å². The van der Waals surface area contributed by atoms with Gasteiger partial charge in [0.05, 0.1) is 0 Å². The first-order chi connectivity index (χ1) is 7.68. The minimum Gasteiger partial charge on any atom is -0.155 e. The molecular formula is C14H15BrS. The summed E-state index contributed by atoms with van der Waals surface area (Å²) in [6.07, 6.45) is 2.30. The van der Waals surface area contributed by atoms with Gasteiger partial charge in [-0.15, -0.1) is 0 Å². The predicted octanol–water partition coefficient (Wildman–Crippen LogP) is 4.99. The van der Waals surface area contributed by atoms with Crippen LogP contribution >= 0.6 is 23.3 Å². The predicted molar refractivity (Wildman–Crippen MR) is 77.3 cm³/mol. The zero-order valence-corrected chi connectivity index (χ0v) is 11.7. The molecule has 0 fully saturated rings. The van der Waals surface area contributed by atoms with Crippen molar-refractivity contribution in [3.63, 3.8) is 0 Å². The fraction of sp³-hybridized carbons (Fsp3) is 0.143. The van der Waals surface area contributed by atoms with E-state index in [1.54, 1.807) is 0 Å². The molecule has 0 amide bonds. The van der Waals surface area contributed by atoms with E-state index >= 15 is 0 Å². The van der Waals surface area contributed by atoms with Crippen LogP contribution in [0.5, 0.6) is 0 Å². The maximum absolute atomic E-state index is 3.91. The van der Waals surface area contributed by atoms with E-state index in [-0.39, 0.29) is 0 Å². The minimum absolute atomic E-state index is 0.901. The third-order valence-corrected chi connectivity index (χ3v) is 6.45. The van der Waals surface area contributed by atoms with Gasteiger partial charge in [0.1, 0.15) is 0 Å². The second-order valence-corrected chi connectivity index (χ2v) is 10.9. The fourth-order valence-corrected chi connectivity index (χ4v) is 4.83. The highest BCUT2D eigenvalue weighted by atomic mass is 79.9. The van der Waals surface area contributed by atoms with Crippen molar-refractivity contribution in [3.05, 3.63) is 66.2 Å². The number of halogens is 1. The van der Waals surface area contributed by atoms with Crippen LogP contribution in [-0.4, -0.2) is 6.26 Å². The Morgan fingerprint density at radius 1 is 0.875 bits per heavy atom. The Labute approximate surface area is 106 Å². The third-order valence-electron chi connectivity index (χ3n) is 2.52. The standard InChI is InChI=1S/C14H15BrS/c1-16(15,14-10-6-3-7-11-14)12-13-8-4-2-5-9-13/h2-11H,12H2,1H3. The van der Waals surface area contributed by atoms with Crippen molar-refractivity contribution >= 4 is 23.3 Å². The zero-order chi connectivity index (χ0) is 11.4. The van der Waals surface area contributed by atoms with Gasteiger partial charge in [-0.05, 0) is 43.7 Å². The molecule has 0 heterocycles. The first-order valence-corrected chi connectivity index (χ1v) is 9.28. The largest absolute Gasteiger partial charge is 0.155 e. The van der Waals surface area contributed by atoms with Crippen LogP contribution in [0.15, 0.2) is 65.6 Å². The molecule has 2 rings (SSSR count). The molecular weight excluding hydrogens is 280 g/mol. The lowest BCUT2D eigenvalue weighted by Crippen LogP contribution is -1.94. The molecule has 0 spiro atoms. The molecule has 0 aliphatic carbocycles. The molecule has 0 nitrogen and oxygen atoms in total. The molecule has 2 heteroatoms. The summed E-state index contributed by atoms with van der Waals surface area (Å²) in [5.74, 6) is 1.08. The molecule has 2 aromatic carbocycles. The lowest BCUT2D eigenvalue weighted by molar-refractivity contribution is 1.36. The Bertz CT molecular complexity index is 437. The molecule has 0 bridgehead atoms. The smallest absolute Gasteiger partial charge is 0.0153 e. The Hall–Kier alpha value is -0.730. The summed E-state index contributed by atoms with van der Waals surface area (Å²) in [7, 11) is -0.901. The van der Waals surface area contributed by atoms with Gasteiger partial charge in [-0.2, -0.15) is 8.46 Å². The maximum Gasteiger partial charge on any atom is 0.0153 e. The fourth-order valence-electron chi connectivity index (χ4n) is 1.67. The van der Waals surface area contributed by atoms with Gasteiger partial charge in [0.15, 0.2) is 0 Å². The van der Waals surface area contributed by atoms with E-state index in [4.69, 9.17) is 0 Å². The zero-order valence-electron chi connectivity index (χ0n) is 9.27. The van der Waals surface area contributed by atoms with Crippen molar-refractivity contribution < 1.29 is 0 Å². The Balaban J connectivity index is 2.21. The van der Waals surface area contributed by atoms with Crippen molar-refractivity contribution in [2.75, 3.05) is 6.26 Å². The SMILES string of the molecule is CS(Br)(Cc1ccccc1)c1ccccc1. The lowest BCUT2D eigenvalue weighted by Gasteiger charge is -2.29. The van der Waals surface area contributed by atoms with Crippen LogP contribution in [0.4, 0.5) is 0 Å². The molecule has 0 aromatic heterocycles. The van der Waals surface area contributed by atoms with Gasteiger partial charge in [-0.25, -0.2) is 0 Å². The average Bonchev–Trinajstić information content (AvgIpc) is 2.31. The van der Waals surface area contributed by atoms with E-state index in [0.717, 1.165) is 5.75 Å². The highest BCUT2D eigenvalue weighted by Crippen LogP contribution is 2.61. The summed E-state index contributed by atoms with van der Waals surface area (Å²) in [5.41, 5.74) is 1.39. The van der Waals surface area contributed by atoms with Gasteiger partial charge >= 0.3 is 0 Å². The highest BCUT2D eigenvalue weighted by Gasteiger charge is 2.16. The van der Waals surface area contributed by atoms with Crippen molar-refractivity contribution in [2.24, 2.45) is 0 Å². The molecule has 16 heavy (non-hydrogen) atoms. The quantitative estimate of drug-likeness (QED) is 0.748. The van der Waals surface area contributed by atoms with Gasteiger partial charge < -0.3 is 0 Å². The van der Waals surface area contributed by atoms with Crippen molar-refractivity contribution in [2.45, 2.75) is 10.6 Å². The van der Waals surface area contributed by atoms with E-state index in [9.17, 15) is 0 Å². The van der Waals surface area contributed by atoms with Crippen LogP contribution in [0.1, 0.15) is 5.56 Å². The average molecular weight is 295 g/mol. The third kappa shape index (κ3) is 2.89. The van der Waals surface area contributed by atoms with E-state index < -0.39 is 8.46 Å². The Morgan fingerprint density at radius 3 is 1.94 bits per heavy atom. The van der Waals surface area contributed by atoms with Crippen LogP contribution in [0.3, 0.4) is 0 Å². The van der Waals surface area contributed by atoms with Crippen LogP contribution in [0.25, 0.3) is 0 Å². The molecule has 1 unspecified atom stereocenters. The molecule has 84 valence electrons. The molecule has 1 atom stereocenters. The van der Waals surface area contributed by atoms with Gasteiger partial charge in [0, 0.05) is 5.75 Å². The first-order valence-electron chi connectivity index (χ1n) is 5.23. The monoisotopic (exact) mass is 294 g/mol. The molecule has 2 aromatic rings. The summed E-state index contributed by atoms with van der Waals surface area (Å²) in [6, 6.07) is 21.3. The van der Waals surface area contributed by atoms with Crippen LogP contribution in [-0.2, 0) is 5.75 Å².